The quantitative estimate of drug-likeness (QED) is 0.840. The highest BCUT2D eigenvalue weighted by molar-refractivity contribution is 5.99. The molecule has 0 bridgehead atoms. The molecule has 0 atom stereocenters. The molecule has 4 nitrogen and oxygen atoms in total. The van der Waals surface area contributed by atoms with Gasteiger partial charge in [0.2, 0.25) is 5.91 Å². The number of hydrogen-bond acceptors (Lipinski definition) is 3. The molecule has 18 heavy (non-hydrogen) atoms. The van der Waals surface area contributed by atoms with Gasteiger partial charge in [-0.25, -0.2) is 0 Å². The van der Waals surface area contributed by atoms with Gasteiger partial charge in [0.15, 0.2) is 0 Å². The van der Waals surface area contributed by atoms with Gasteiger partial charge in [0, 0.05) is 0 Å². The van der Waals surface area contributed by atoms with Gasteiger partial charge in [-0.05, 0) is 37.8 Å². The van der Waals surface area contributed by atoms with E-state index in [1.54, 1.807) is 0 Å². The Kier molecular flexibility index (Phi) is 3.87. The van der Waals surface area contributed by atoms with Gasteiger partial charge in [0.05, 0.1) is 17.8 Å². The van der Waals surface area contributed by atoms with Gasteiger partial charge in [0.25, 0.3) is 0 Å². The predicted molar refractivity (Wildman–Crippen MR) is 71.6 cm³/mol. The number of para-hydroxylation sites is 2. The van der Waals surface area contributed by atoms with Crippen LogP contribution in [-0.2, 0) is 4.79 Å². The first-order chi connectivity index (χ1) is 8.65. The number of nitrogens with one attached hydrogen (secondary N) is 1. The van der Waals surface area contributed by atoms with Crippen LogP contribution in [0, 0.1) is 0 Å². The second-order valence-electron chi connectivity index (χ2n) is 4.81. The average Bonchev–Trinajstić information content (AvgIpc) is 2.34. The van der Waals surface area contributed by atoms with Crippen molar-refractivity contribution < 1.29 is 9.53 Å². The van der Waals surface area contributed by atoms with Gasteiger partial charge in [0.1, 0.15) is 5.75 Å². The fraction of sp³-hybridized carbons (Fsp3) is 0.500. The van der Waals surface area contributed by atoms with Crippen molar-refractivity contribution in [3.8, 4) is 5.75 Å². The minimum atomic E-state index is -0.683. The highest BCUT2D eigenvalue weighted by Gasteiger charge is 2.40. The number of anilines is 1. The molecule has 1 aliphatic carbocycles. The lowest BCUT2D eigenvalue weighted by Gasteiger charge is -2.36. The molecule has 1 amide bonds. The van der Waals surface area contributed by atoms with Crippen LogP contribution in [0.25, 0.3) is 0 Å². The Morgan fingerprint density at radius 1 is 1.44 bits per heavy atom. The summed E-state index contributed by atoms with van der Waals surface area (Å²) in [5, 5.41) is 2.87. The molecule has 1 aromatic carbocycles. The van der Waals surface area contributed by atoms with E-state index in [0.717, 1.165) is 25.7 Å². The molecule has 4 heteroatoms. The number of hydrogen-bond donors (Lipinski definition) is 2. The third kappa shape index (κ3) is 2.64. The van der Waals surface area contributed by atoms with Crippen molar-refractivity contribution in [3.05, 3.63) is 24.3 Å². The van der Waals surface area contributed by atoms with E-state index in [9.17, 15) is 4.79 Å². The van der Waals surface area contributed by atoms with Crippen LogP contribution < -0.4 is 15.8 Å². The van der Waals surface area contributed by atoms with Crippen LogP contribution in [0.15, 0.2) is 24.3 Å². The molecule has 1 aromatic rings. The maximum atomic E-state index is 12.1. The number of nitrogens with two attached hydrogens (primary N) is 1. The summed E-state index contributed by atoms with van der Waals surface area (Å²) in [5.74, 6) is 0.594. The standard InChI is InChI=1S/C14H20N2O2/c1-2-10-18-12-7-4-3-6-11(12)16-13(17)14(15)8-5-9-14/h3-4,6-7H,2,5,8-10,15H2,1H3,(H,16,17). The molecule has 0 radical (unpaired) electrons. The summed E-state index contributed by atoms with van der Waals surface area (Å²) in [7, 11) is 0. The first kappa shape index (κ1) is 12.9. The molecule has 0 spiro atoms. The van der Waals surface area contributed by atoms with Crippen molar-refractivity contribution in [2.24, 2.45) is 5.73 Å². The lowest BCUT2D eigenvalue weighted by molar-refractivity contribution is -0.123. The second-order valence-corrected chi connectivity index (χ2v) is 4.81. The van der Waals surface area contributed by atoms with E-state index >= 15 is 0 Å². The molecule has 0 aliphatic heterocycles. The molecule has 1 saturated carbocycles. The number of amides is 1. The fourth-order valence-electron chi connectivity index (χ4n) is 1.94. The molecule has 3 N–H and O–H groups in total. The highest BCUT2D eigenvalue weighted by Crippen LogP contribution is 2.32. The van der Waals surface area contributed by atoms with Gasteiger partial charge in [-0.3, -0.25) is 4.79 Å². The number of benzene rings is 1. The Morgan fingerprint density at radius 3 is 2.78 bits per heavy atom. The highest BCUT2D eigenvalue weighted by atomic mass is 16.5. The summed E-state index contributed by atoms with van der Waals surface area (Å²) in [6, 6.07) is 7.46. The zero-order valence-corrected chi connectivity index (χ0v) is 10.7. The van der Waals surface area contributed by atoms with Crippen LogP contribution in [0.3, 0.4) is 0 Å². The van der Waals surface area contributed by atoms with Crippen LogP contribution in [-0.4, -0.2) is 18.1 Å². The normalized spacial score (nSPS) is 16.8. The van der Waals surface area contributed by atoms with E-state index in [1.807, 2.05) is 31.2 Å². The molecule has 1 aliphatic rings. The second kappa shape index (κ2) is 5.40. The molecule has 2 rings (SSSR count). The largest absolute Gasteiger partial charge is 0.491 e. The van der Waals surface area contributed by atoms with Gasteiger partial charge in [-0.15, -0.1) is 0 Å². The molecule has 0 aromatic heterocycles. The van der Waals surface area contributed by atoms with Crippen molar-refractivity contribution in [2.45, 2.75) is 38.1 Å². The maximum absolute atomic E-state index is 12.1. The molecule has 1 fully saturated rings. The van der Waals surface area contributed by atoms with E-state index in [4.69, 9.17) is 10.5 Å². The third-order valence-electron chi connectivity index (χ3n) is 3.29. The molecular formula is C14H20N2O2. The van der Waals surface area contributed by atoms with Gasteiger partial charge >= 0.3 is 0 Å². The Balaban J connectivity index is 2.06. The lowest BCUT2D eigenvalue weighted by Crippen LogP contribution is -2.56. The number of carbonyl (C=O) groups excluding carboxylic acids is 1. The molecule has 0 unspecified atom stereocenters. The Morgan fingerprint density at radius 2 is 2.17 bits per heavy atom. The van der Waals surface area contributed by atoms with Crippen LogP contribution in [0.2, 0.25) is 0 Å². The van der Waals surface area contributed by atoms with Gasteiger partial charge in [-0.1, -0.05) is 19.1 Å². The maximum Gasteiger partial charge on any atom is 0.244 e. The van der Waals surface area contributed by atoms with Crippen LogP contribution in [0.4, 0.5) is 5.69 Å². The fourth-order valence-corrected chi connectivity index (χ4v) is 1.94. The average molecular weight is 248 g/mol. The Bertz CT molecular complexity index is 428. The van der Waals surface area contributed by atoms with Crippen molar-refractivity contribution >= 4 is 11.6 Å². The number of rotatable bonds is 5. The zero-order valence-electron chi connectivity index (χ0n) is 10.7. The lowest BCUT2D eigenvalue weighted by atomic mass is 9.77. The van der Waals surface area contributed by atoms with E-state index in [-0.39, 0.29) is 5.91 Å². The summed E-state index contributed by atoms with van der Waals surface area (Å²) in [5.41, 5.74) is 6.01. The minimum absolute atomic E-state index is 0.110. The molecule has 0 saturated heterocycles. The summed E-state index contributed by atoms with van der Waals surface area (Å²) >= 11 is 0. The van der Waals surface area contributed by atoms with Crippen LogP contribution in [0.1, 0.15) is 32.6 Å². The molecule has 0 heterocycles. The third-order valence-corrected chi connectivity index (χ3v) is 3.29. The summed E-state index contributed by atoms with van der Waals surface area (Å²) in [4.78, 5) is 12.1. The van der Waals surface area contributed by atoms with Crippen LogP contribution in [0.5, 0.6) is 5.75 Å². The van der Waals surface area contributed by atoms with Crippen molar-refractivity contribution in [1.82, 2.24) is 0 Å². The number of carbonyl (C=O) groups is 1. The van der Waals surface area contributed by atoms with E-state index in [1.165, 1.54) is 0 Å². The summed E-state index contributed by atoms with van der Waals surface area (Å²) in [6.45, 7) is 2.69. The summed E-state index contributed by atoms with van der Waals surface area (Å²) in [6.07, 6.45) is 3.48. The Hall–Kier alpha value is -1.55. The topological polar surface area (TPSA) is 64.3 Å². The molecule has 98 valence electrons. The van der Waals surface area contributed by atoms with Crippen molar-refractivity contribution in [1.29, 1.82) is 0 Å². The molecular weight excluding hydrogens is 228 g/mol. The van der Waals surface area contributed by atoms with Crippen molar-refractivity contribution in [2.75, 3.05) is 11.9 Å². The summed E-state index contributed by atoms with van der Waals surface area (Å²) < 4.78 is 5.60. The first-order valence-electron chi connectivity index (χ1n) is 6.48. The minimum Gasteiger partial charge on any atom is -0.491 e. The van der Waals surface area contributed by atoms with E-state index in [0.29, 0.717) is 18.0 Å². The van der Waals surface area contributed by atoms with Crippen molar-refractivity contribution in [3.63, 3.8) is 0 Å². The first-order valence-corrected chi connectivity index (χ1v) is 6.48. The van der Waals surface area contributed by atoms with Crippen LogP contribution >= 0.6 is 0 Å². The monoisotopic (exact) mass is 248 g/mol. The smallest absolute Gasteiger partial charge is 0.244 e. The Labute approximate surface area is 108 Å². The SMILES string of the molecule is CCCOc1ccccc1NC(=O)C1(N)CCC1. The number of ether oxygens (including phenoxy) is 1. The predicted octanol–water partition coefficient (Wildman–Crippen LogP) is 2.30. The zero-order chi connectivity index (χ0) is 13.0. The van der Waals surface area contributed by atoms with E-state index < -0.39 is 5.54 Å². The van der Waals surface area contributed by atoms with Gasteiger partial charge < -0.3 is 15.8 Å². The van der Waals surface area contributed by atoms with E-state index in [2.05, 4.69) is 5.32 Å². The van der Waals surface area contributed by atoms with Gasteiger partial charge in [-0.2, -0.15) is 0 Å².